The lowest BCUT2D eigenvalue weighted by atomic mass is 9.88. The molecule has 1 fully saturated rings. The van der Waals surface area contributed by atoms with Crippen LogP contribution < -0.4 is 10.6 Å². The minimum atomic E-state index is -0.250. The van der Waals surface area contributed by atoms with E-state index in [4.69, 9.17) is 9.47 Å². The first-order chi connectivity index (χ1) is 10.4. The maximum atomic E-state index is 5.52. The van der Waals surface area contributed by atoms with E-state index in [1.807, 2.05) is 13.8 Å². The minimum Gasteiger partial charge on any atom is -0.381 e. The Bertz CT molecular complexity index is 356. The van der Waals surface area contributed by atoms with E-state index in [1.54, 1.807) is 7.11 Å². The van der Waals surface area contributed by atoms with Crippen LogP contribution in [0, 0.1) is 0 Å². The van der Waals surface area contributed by atoms with E-state index in [-0.39, 0.29) is 35.1 Å². The molecule has 0 bridgehead atoms. The summed E-state index contributed by atoms with van der Waals surface area (Å²) >= 11 is 0. The van der Waals surface area contributed by atoms with Crippen molar-refractivity contribution in [2.45, 2.75) is 44.8 Å². The lowest BCUT2D eigenvalue weighted by Crippen LogP contribution is -2.57. The van der Waals surface area contributed by atoms with Gasteiger partial charge in [-0.3, -0.25) is 4.99 Å². The van der Waals surface area contributed by atoms with Crippen LogP contribution in [0.1, 0.15) is 33.6 Å². The number of guanidine groups is 1. The zero-order chi connectivity index (χ0) is 16.6. The van der Waals surface area contributed by atoms with Gasteiger partial charge in [0.25, 0.3) is 0 Å². The number of halogens is 1. The van der Waals surface area contributed by atoms with Crippen molar-refractivity contribution < 1.29 is 9.47 Å². The van der Waals surface area contributed by atoms with Gasteiger partial charge in [0.1, 0.15) is 0 Å². The van der Waals surface area contributed by atoms with Gasteiger partial charge in [-0.2, -0.15) is 0 Å². The molecule has 0 radical (unpaired) electrons. The summed E-state index contributed by atoms with van der Waals surface area (Å²) < 4.78 is 11.0. The second-order valence-electron chi connectivity index (χ2n) is 6.74. The summed E-state index contributed by atoms with van der Waals surface area (Å²) in [6, 6.07) is 0. The van der Waals surface area contributed by atoms with Gasteiger partial charge >= 0.3 is 0 Å². The van der Waals surface area contributed by atoms with E-state index < -0.39 is 0 Å². The average molecular weight is 442 g/mol. The van der Waals surface area contributed by atoms with Crippen LogP contribution in [0.5, 0.6) is 0 Å². The molecule has 2 N–H and O–H groups in total. The first-order valence-electron chi connectivity index (χ1n) is 8.18. The Morgan fingerprint density at radius 3 is 2.35 bits per heavy atom. The molecule has 0 spiro atoms. The second kappa shape index (κ2) is 10.7. The molecule has 7 heteroatoms. The van der Waals surface area contributed by atoms with Crippen molar-refractivity contribution in [2.24, 2.45) is 4.99 Å². The molecule has 0 aromatic carbocycles. The SMILES string of the molecule is CCNC(=NCC(C)(C)OC)NCC1(N(C)C)CCOCC1.I. The van der Waals surface area contributed by atoms with Crippen LogP contribution in [0.15, 0.2) is 4.99 Å². The molecule has 1 aliphatic rings. The van der Waals surface area contributed by atoms with Gasteiger partial charge in [-0.1, -0.05) is 0 Å². The molecule has 0 saturated carbocycles. The maximum absolute atomic E-state index is 5.52. The van der Waals surface area contributed by atoms with Crippen LogP contribution in [0.2, 0.25) is 0 Å². The summed E-state index contributed by atoms with van der Waals surface area (Å²) in [5.74, 6) is 0.848. The van der Waals surface area contributed by atoms with Crippen molar-refractivity contribution in [3.8, 4) is 0 Å². The molecule has 23 heavy (non-hydrogen) atoms. The first kappa shape index (κ1) is 22.9. The standard InChI is InChI=1S/C16H34N4O2.HI/c1-7-17-14(18-12-15(2,3)21-6)19-13-16(20(4)5)8-10-22-11-9-16;/h7-13H2,1-6H3,(H2,17,18,19);1H. The molecule has 1 saturated heterocycles. The number of rotatable bonds is 7. The Morgan fingerprint density at radius 1 is 1.26 bits per heavy atom. The Kier molecular flexibility index (Phi) is 10.6. The first-order valence-corrected chi connectivity index (χ1v) is 8.18. The Hall–Kier alpha value is -0.120. The fraction of sp³-hybridized carbons (Fsp3) is 0.938. The van der Waals surface area contributed by atoms with Gasteiger partial charge < -0.3 is 25.0 Å². The molecule has 0 amide bonds. The summed E-state index contributed by atoms with van der Waals surface area (Å²) in [6.45, 7) is 10.1. The fourth-order valence-corrected chi connectivity index (χ4v) is 2.46. The number of aliphatic imine (C=N–C) groups is 1. The Labute approximate surface area is 158 Å². The normalized spacial score (nSPS) is 18.5. The quantitative estimate of drug-likeness (QED) is 0.357. The molecular weight excluding hydrogens is 407 g/mol. The van der Waals surface area contributed by atoms with Gasteiger partial charge in [0.05, 0.1) is 12.1 Å². The van der Waals surface area contributed by atoms with Crippen LogP contribution in [0.4, 0.5) is 0 Å². The lowest BCUT2D eigenvalue weighted by molar-refractivity contribution is -0.00505. The molecule has 1 heterocycles. The predicted molar refractivity (Wildman–Crippen MR) is 107 cm³/mol. The monoisotopic (exact) mass is 442 g/mol. The second-order valence-corrected chi connectivity index (χ2v) is 6.74. The van der Waals surface area contributed by atoms with Crippen LogP contribution in [0.3, 0.4) is 0 Å². The molecule has 0 atom stereocenters. The van der Waals surface area contributed by atoms with E-state index in [2.05, 4.69) is 41.5 Å². The number of hydrogen-bond acceptors (Lipinski definition) is 4. The largest absolute Gasteiger partial charge is 0.381 e. The third-order valence-corrected chi connectivity index (χ3v) is 4.47. The highest BCUT2D eigenvalue weighted by atomic mass is 127. The molecule has 1 rings (SSSR count). The number of nitrogens with one attached hydrogen (secondary N) is 2. The summed E-state index contributed by atoms with van der Waals surface area (Å²) in [7, 11) is 6.01. The Balaban J connectivity index is 0.00000484. The van der Waals surface area contributed by atoms with Crippen molar-refractivity contribution in [3.05, 3.63) is 0 Å². The van der Waals surface area contributed by atoms with Crippen LogP contribution in [0.25, 0.3) is 0 Å². The number of ether oxygens (including phenoxy) is 2. The highest BCUT2D eigenvalue weighted by Gasteiger charge is 2.34. The molecule has 0 aliphatic carbocycles. The van der Waals surface area contributed by atoms with E-state index in [0.29, 0.717) is 6.54 Å². The summed E-state index contributed by atoms with van der Waals surface area (Å²) in [6.07, 6.45) is 2.08. The topological polar surface area (TPSA) is 58.1 Å². The highest BCUT2D eigenvalue weighted by molar-refractivity contribution is 14.0. The number of likely N-dealkylation sites (N-methyl/N-ethyl adjacent to an activating group) is 1. The molecule has 1 aliphatic heterocycles. The van der Waals surface area contributed by atoms with Crippen molar-refractivity contribution in [1.82, 2.24) is 15.5 Å². The zero-order valence-electron chi connectivity index (χ0n) is 15.6. The number of methoxy groups -OCH3 is 1. The molecular formula is C16H35IN4O2. The third kappa shape index (κ3) is 7.53. The summed E-state index contributed by atoms with van der Waals surface area (Å²) in [4.78, 5) is 6.96. The number of nitrogens with zero attached hydrogens (tertiary/aromatic N) is 2. The summed E-state index contributed by atoms with van der Waals surface area (Å²) in [5, 5.41) is 6.80. The Morgan fingerprint density at radius 2 is 1.87 bits per heavy atom. The maximum Gasteiger partial charge on any atom is 0.191 e. The van der Waals surface area contributed by atoms with E-state index in [0.717, 1.165) is 45.1 Å². The van der Waals surface area contributed by atoms with Crippen LogP contribution in [-0.4, -0.2) is 76.1 Å². The van der Waals surface area contributed by atoms with E-state index >= 15 is 0 Å². The smallest absolute Gasteiger partial charge is 0.191 e. The van der Waals surface area contributed by atoms with E-state index in [9.17, 15) is 0 Å². The third-order valence-electron chi connectivity index (χ3n) is 4.47. The lowest BCUT2D eigenvalue weighted by Gasteiger charge is -2.43. The molecule has 6 nitrogen and oxygen atoms in total. The summed E-state index contributed by atoms with van der Waals surface area (Å²) in [5.41, 5.74) is -0.120. The van der Waals surface area contributed by atoms with Gasteiger partial charge in [0, 0.05) is 39.0 Å². The average Bonchev–Trinajstić information content (AvgIpc) is 2.51. The van der Waals surface area contributed by atoms with Gasteiger partial charge in [0.2, 0.25) is 0 Å². The molecule has 138 valence electrons. The van der Waals surface area contributed by atoms with Gasteiger partial charge in [0.15, 0.2) is 5.96 Å². The van der Waals surface area contributed by atoms with Crippen molar-refractivity contribution >= 4 is 29.9 Å². The zero-order valence-corrected chi connectivity index (χ0v) is 17.9. The van der Waals surface area contributed by atoms with Crippen molar-refractivity contribution in [3.63, 3.8) is 0 Å². The van der Waals surface area contributed by atoms with Gasteiger partial charge in [-0.25, -0.2) is 0 Å². The van der Waals surface area contributed by atoms with Crippen molar-refractivity contribution in [1.29, 1.82) is 0 Å². The molecule has 0 aromatic rings. The molecule has 0 unspecified atom stereocenters. The van der Waals surface area contributed by atoms with E-state index in [1.165, 1.54) is 0 Å². The number of hydrogen-bond donors (Lipinski definition) is 2. The van der Waals surface area contributed by atoms with Gasteiger partial charge in [-0.05, 0) is 47.7 Å². The highest BCUT2D eigenvalue weighted by Crippen LogP contribution is 2.25. The predicted octanol–water partition coefficient (Wildman–Crippen LogP) is 1.70. The van der Waals surface area contributed by atoms with Gasteiger partial charge in [-0.15, -0.1) is 24.0 Å². The van der Waals surface area contributed by atoms with Crippen molar-refractivity contribution in [2.75, 3.05) is 54.1 Å². The van der Waals surface area contributed by atoms with Crippen LogP contribution in [-0.2, 0) is 9.47 Å². The van der Waals surface area contributed by atoms with Crippen LogP contribution >= 0.6 is 24.0 Å². The fourth-order valence-electron chi connectivity index (χ4n) is 2.46. The minimum absolute atomic E-state index is 0. The molecule has 0 aromatic heterocycles.